The average molecular weight is 277 g/mol. The van der Waals surface area contributed by atoms with E-state index in [9.17, 15) is 9.59 Å². The van der Waals surface area contributed by atoms with E-state index < -0.39 is 17.7 Å². The van der Waals surface area contributed by atoms with Gasteiger partial charge in [0.05, 0.1) is 12.5 Å². The minimum absolute atomic E-state index is 0.329. The van der Waals surface area contributed by atoms with Gasteiger partial charge in [-0.2, -0.15) is 5.10 Å². The molecule has 1 N–H and O–H groups in total. The van der Waals surface area contributed by atoms with E-state index >= 15 is 0 Å². The van der Waals surface area contributed by atoms with Crippen LogP contribution in [0.4, 0.5) is 10.6 Å². The number of aliphatic carboxylic acids is 1. The van der Waals surface area contributed by atoms with E-state index in [4.69, 9.17) is 9.84 Å². The number of carbonyl (C=O) groups excluding carboxylic acids is 1. The summed E-state index contributed by atoms with van der Waals surface area (Å²) in [5.41, 5.74) is -0.569. The molecule has 0 atom stereocenters. The van der Waals surface area contributed by atoms with Crippen LogP contribution in [0.3, 0.4) is 0 Å². The maximum absolute atomic E-state index is 12.0. The molecule has 0 radical (unpaired) electrons. The molecule has 1 spiro atoms. The Kier molecular flexibility index (Phi) is 3.04. The van der Waals surface area contributed by atoms with E-state index in [-0.39, 0.29) is 5.92 Å². The molecule has 2 heterocycles. The Morgan fingerprint density at radius 2 is 2.20 bits per heavy atom. The number of aromatic nitrogens is 2. The van der Waals surface area contributed by atoms with Crippen LogP contribution in [0.5, 0.6) is 0 Å². The molecular formula is C13H15N3O4. The van der Waals surface area contributed by atoms with Crippen molar-refractivity contribution in [3.63, 3.8) is 0 Å². The summed E-state index contributed by atoms with van der Waals surface area (Å²) in [7, 11) is 0. The van der Waals surface area contributed by atoms with E-state index in [0.29, 0.717) is 38.0 Å². The number of carboxylic acid groups (broad SMARTS) is 1. The van der Waals surface area contributed by atoms with Crippen molar-refractivity contribution >= 4 is 17.9 Å². The monoisotopic (exact) mass is 277 g/mol. The zero-order chi connectivity index (χ0) is 14.2. The first kappa shape index (κ1) is 12.8. The number of carboxylic acids is 1. The summed E-state index contributed by atoms with van der Waals surface area (Å²) < 4.78 is 5.51. The largest absolute Gasteiger partial charge is 0.481 e. The fourth-order valence-corrected chi connectivity index (χ4v) is 2.89. The van der Waals surface area contributed by atoms with Crippen molar-refractivity contribution < 1.29 is 19.4 Å². The Labute approximate surface area is 115 Å². The Bertz CT molecular complexity index is 526. The Balaban J connectivity index is 1.73. The van der Waals surface area contributed by atoms with Gasteiger partial charge in [0, 0.05) is 6.20 Å². The summed E-state index contributed by atoms with van der Waals surface area (Å²) in [6.45, 7) is 0.414. The lowest BCUT2D eigenvalue weighted by Gasteiger charge is -2.33. The lowest BCUT2D eigenvalue weighted by atomic mass is 9.79. The molecular weight excluding hydrogens is 262 g/mol. The van der Waals surface area contributed by atoms with Gasteiger partial charge >= 0.3 is 12.1 Å². The van der Waals surface area contributed by atoms with Gasteiger partial charge in [-0.15, -0.1) is 5.10 Å². The number of nitrogens with zero attached hydrogens (tertiary/aromatic N) is 3. The number of rotatable bonds is 2. The fourth-order valence-electron chi connectivity index (χ4n) is 2.89. The third-order valence-corrected chi connectivity index (χ3v) is 4.05. The molecule has 1 aliphatic heterocycles. The van der Waals surface area contributed by atoms with Gasteiger partial charge in [0.2, 0.25) is 0 Å². The van der Waals surface area contributed by atoms with Gasteiger partial charge in [-0.3, -0.25) is 9.69 Å². The maximum Gasteiger partial charge on any atom is 0.416 e. The molecule has 0 unspecified atom stereocenters. The fraction of sp³-hybridized carbons (Fsp3) is 0.538. The van der Waals surface area contributed by atoms with Crippen molar-refractivity contribution in [2.45, 2.75) is 31.3 Å². The number of ether oxygens (including phenoxy) is 1. The highest BCUT2D eigenvalue weighted by Crippen LogP contribution is 2.40. The molecule has 2 fully saturated rings. The Hall–Kier alpha value is -2.18. The number of carbonyl (C=O) groups is 2. The van der Waals surface area contributed by atoms with Crippen LogP contribution < -0.4 is 4.90 Å². The number of anilines is 1. The second-order valence-electron chi connectivity index (χ2n) is 5.33. The lowest BCUT2D eigenvalue weighted by Crippen LogP contribution is -2.40. The van der Waals surface area contributed by atoms with E-state index in [1.165, 1.54) is 4.90 Å². The topological polar surface area (TPSA) is 92.6 Å². The Morgan fingerprint density at radius 3 is 2.80 bits per heavy atom. The summed E-state index contributed by atoms with van der Waals surface area (Å²) in [5.74, 6) is -0.630. The van der Waals surface area contributed by atoms with Gasteiger partial charge in [0.15, 0.2) is 5.82 Å². The lowest BCUT2D eigenvalue weighted by molar-refractivity contribution is -0.144. The van der Waals surface area contributed by atoms with Gasteiger partial charge in [-0.05, 0) is 37.8 Å². The van der Waals surface area contributed by atoms with E-state index in [1.54, 1.807) is 18.3 Å². The van der Waals surface area contributed by atoms with E-state index in [0.717, 1.165) is 0 Å². The van der Waals surface area contributed by atoms with Crippen LogP contribution in [0.15, 0.2) is 18.3 Å². The van der Waals surface area contributed by atoms with Gasteiger partial charge < -0.3 is 9.84 Å². The van der Waals surface area contributed by atoms with E-state index in [1.807, 2.05) is 0 Å². The summed E-state index contributed by atoms with van der Waals surface area (Å²) in [6, 6.07) is 3.41. The molecule has 1 aromatic heterocycles. The molecule has 2 aliphatic rings. The smallest absolute Gasteiger partial charge is 0.416 e. The molecule has 1 amide bonds. The van der Waals surface area contributed by atoms with Crippen molar-refractivity contribution in [1.82, 2.24) is 10.2 Å². The molecule has 0 aromatic carbocycles. The average Bonchev–Trinajstić information content (AvgIpc) is 2.77. The number of hydrogen-bond acceptors (Lipinski definition) is 5. The van der Waals surface area contributed by atoms with Crippen molar-refractivity contribution in [1.29, 1.82) is 0 Å². The quantitative estimate of drug-likeness (QED) is 0.879. The third kappa shape index (κ3) is 2.19. The summed E-state index contributed by atoms with van der Waals surface area (Å²) in [4.78, 5) is 24.4. The first-order chi connectivity index (χ1) is 9.60. The highest BCUT2D eigenvalue weighted by atomic mass is 16.6. The van der Waals surface area contributed by atoms with Crippen molar-refractivity contribution in [2.24, 2.45) is 5.92 Å². The van der Waals surface area contributed by atoms with Crippen molar-refractivity contribution in [3.8, 4) is 0 Å². The zero-order valence-corrected chi connectivity index (χ0v) is 10.9. The second-order valence-corrected chi connectivity index (χ2v) is 5.33. The highest BCUT2D eigenvalue weighted by Gasteiger charge is 2.48. The standard InChI is InChI=1S/C13H15N3O4/c17-11(18)9-3-5-13(6-4-9)8-16(12(19)20-13)10-2-1-7-14-15-10/h1-2,7,9H,3-6,8H2,(H,17,18)/t9-,13+. The summed E-state index contributed by atoms with van der Waals surface area (Å²) in [5, 5.41) is 16.7. The van der Waals surface area contributed by atoms with Gasteiger partial charge in [-0.25, -0.2) is 4.79 Å². The van der Waals surface area contributed by atoms with Crippen molar-refractivity contribution in [2.75, 3.05) is 11.4 Å². The molecule has 1 aromatic rings. The molecule has 1 saturated heterocycles. The van der Waals surface area contributed by atoms with Crippen LogP contribution in [0.25, 0.3) is 0 Å². The summed E-state index contributed by atoms with van der Waals surface area (Å²) >= 11 is 0. The predicted octanol–water partition coefficient (Wildman–Crippen LogP) is 1.45. The molecule has 106 valence electrons. The third-order valence-electron chi connectivity index (χ3n) is 4.05. The molecule has 3 rings (SSSR count). The molecule has 1 saturated carbocycles. The van der Waals surface area contributed by atoms with E-state index in [2.05, 4.69) is 10.2 Å². The van der Waals surface area contributed by atoms with Crippen molar-refractivity contribution in [3.05, 3.63) is 18.3 Å². The maximum atomic E-state index is 12.0. The van der Waals surface area contributed by atoms with Crippen LogP contribution >= 0.6 is 0 Å². The van der Waals surface area contributed by atoms with Crippen LogP contribution in [-0.2, 0) is 9.53 Å². The zero-order valence-electron chi connectivity index (χ0n) is 10.9. The first-order valence-corrected chi connectivity index (χ1v) is 6.61. The van der Waals surface area contributed by atoms with Gasteiger partial charge in [0.1, 0.15) is 5.60 Å². The van der Waals surface area contributed by atoms with Gasteiger partial charge in [0.25, 0.3) is 0 Å². The second kappa shape index (κ2) is 4.73. The normalized spacial score (nSPS) is 29.5. The van der Waals surface area contributed by atoms with Crippen LogP contribution in [0.1, 0.15) is 25.7 Å². The number of hydrogen-bond donors (Lipinski definition) is 1. The highest BCUT2D eigenvalue weighted by molar-refractivity contribution is 5.89. The van der Waals surface area contributed by atoms with Crippen LogP contribution in [-0.4, -0.2) is 39.5 Å². The number of amides is 1. The first-order valence-electron chi connectivity index (χ1n) is 6.61. The molecule has 7 nitrogen and oxygen atoms in total. The van der Waals surface area contributed by atoms with Crippen LogP contribution in [0, 0.1) is 5.92 Å². The van der Waals surface area contributed by atoms with Gasteiger partial charge in [-0.1, -0.05) is 0 Å². The summed E-state index contributed by atoms with van der Waals surface area (Å²) in [6.07, 6.45) is 3.34. The Morgan fingerprint density at radius 1 is 1.45 bits per heavy atom. The molecule has 0 bridgehead atoms. The molecule has 20 heavy (non-hydrogen) atoms. The minimum atomic E-state index is -0.769. The van der Waals surface area contributed by atoms with Crippen LogP contribution in [0.2, 0.25) is 0 Å². The minimum Gasteiger partial charge on any atom is -0.481 e. The molecule has 7 heteroatoms. The molecule has 1 aliphatic carbocycles. The SMILES string of the molecule is O=C1O[C@]2(CC[C@@H](C(=O)O)CC2)CN1c1cccnn1. The predicted molar refractivity (Wildman–Crippen MR) is 68.2 cm³/mol.